The number of carbonyl (C=O) groups excluding carboxylic acids is 4. The molecule has 0 aliphatic rings. The number of ketones is 1. The van der Waals surface area contributed by atoms with Gasteiger partial charge in [-0.3, -0.25) is 28.9 Å². The number of nitrogens with zero attached hydrogens (tertiary/aromatic N) is 1. The smallest absolute Gasteiger partial charge is 0.304 e. The van der Waals surface area contributed by atoms with Gasteiger partial charge < -0.3 is 27.0 Å². The summed E-state index contributed by atoms with van der Waals surface area (Å²) < 4.78 is 28.2. The number of hydrogen-bond acceptors (Lipinski definition) is 10. The van der Waals surface area contributed by atoms with Gasteiger partial charge in [-0.15, -0.1) is 0 Å². The summed E-state index contributed by atoms with van der Waals surface area (Å²) >= 11 is 0. The van der Waals surface area contributed by atoms with Crippen molar-refractivity contribution in [1.82, 2.24) is 10.2 Å². The molecule has 2 aromatic carbocycles. The van der Waals surface area contributed by atoms with Crippen molar-refractivity contribution in [3.63, 3.8) is 0 Å². The number of carbonyl (C=O) groups is 5. The van der Waals surface area contributed by atoms with Gasteiger partial charge in [-0.1, -0.05) is 44.2 Å². The summed E-state index contributed by atoms with van der Waals surface area (Å²) in [6.07, 6.45) is -1.68. The van der Waals surface area contributed by atoms with E-state index in [0.29, 0.717) is 10.5 Å². The van der Waals surface area contributed by atoms with E-state index in [0.717, 1.165) is 6.92 Å². The van der Waals surface area contributed by atoms with Gasteiger partial charge in [0, 0.05) is 5.92 Å². The minimum absolute atomic E-state index is 0.0441. The predicted octanol–water partition coefficient (Wildman–Crippen LogP) is 0.975. The molecule has 3 amide bonds. The van der Waals surface area contributed by atoms with Crippen LogP contribution in [0, 0.1) is 11.8 Å². The van der Waals surface area contributed by atoms with Gasteiger partial charge in [-0.25, -0.2) is 8.42 Å². The Hall–Kier alpha value is -4.14. The molecule has 2 rings (SSSR count). The summed E-state index contributed by atoms with van der Waals surface area (Å²) in [6, 6.07) is 8.57. The van der Waals surface area contributed by atoms with E-state index in [1.165, 1.54) is 55.5 Å². The SMILES string of the molecule is CC(=O)C(CC(=O)O)CC(N(C(=O)[C@H](C)NC(=O)[C@@H](N)C(C)C)C(=O)[C@@H](N)Cc1ccc(O)cc1)S(=O)(=O)c1ccccc1. The maximum absolute atomic E-state index is 14.1. The highest BCUT2D eigenvalue weighted by Gasteiger charge is 2.45. The van der Waals surface area contributed by atoms with Crippen LogP contribution in [0.3, 0.4) is 0 Å². The van der Waals surface area contributed by atoms with Crippen molar-refractivity contribution in [1.29, 1.82) is 0 Å². The van der Waals surface area contributed by atoms with Crippen molar-refractivity contribution in [2.45, 2.75) is 75.4 Å². The number of hydrogen-bond donors (Lipinski definition) is 5. The highest BCUT2D eigenvalue weighted by Crippen LogP contribution is 2.28. The number of nitrogens with two attached hydrogens (primary N) is 2. The molecule has 0 radical (unpaired) electrons. The summed E-state index contributed by atoms with van der Waals surface area (Å²) in [5.41, 5.74) is 12.6. The van der Waals surface area contributed by atoms with Crippen molar-refractivity contribution in [3.05, 3.63) is 60.2 Å². The van der Waals surface area contributed by atoms with E-state index in [4.69, 9.17) is 11.5 Å². The summed E-state index contributed by atoms with van der Waals surface area (Å²) in [5, 5.41) is 19.4. The summed E-state index contributed by atoms with van der Waals surface area (Å²) in [7, 11) is -4.65. The number of imide groups is 1. The predicted molar refractivity (Wildman–Crippen MR) is 161 cm³/mol. The monoisotopic (exact) mass is 632 g/mol. The summed E-state index contributed by atoms with van der Waals surface area (Å²) in [6.45, 7) is 5.69. The van der Waals surface area contributed by atoms with E-state index < -0.39 is 81.6 Å². The van der Waals surface area contributed by atoms with E-state index >= 15 is 0 Å². The van der Waals surface area contributed by atoms with Crippen molar-refractivity contribution < 1.29 is 42.6 Å². The number of phenolic OH excluding ortho intramolecular Hbond substituents is 1. The Bertz CT molecular complexity index is 1450. The van der Waals surface area contributed by atoms with E-state index in [1.807, 2.05) is 0 Å². The molecule has 0 saturated heterocycles. The third kappa shape index (κ3) is 9.43. The molecule has 0 aromatic heterocycles. The first-order valence-electron chi connectivity index (χ1n) is 13.9. The lowest BCUT2D eigenvalue weighted by Gasteiger charge is -2.35. The lowest BCUT2D eigenvalue weighted by atomic mass is 9.96. The number of sulfone groups is 1. The average Bonchev–Trinajstić information content (AvgIpc) is 2.96. The van der Waals surface area contributed by atoms with Crippen LogP contribution in [-0.2, 0) is 40.2 Å². The third-order valence-corrected chi connectivity index (χ3v) is 9.18. The molecule has 0 aliphatic carbocycles. The maximum Gasteiger partial charge on any atom is 0.304 e. The standard InChI is InChI=1S/C30H40N4O9S/c1-17(2)27(32)28(39)33-18(3)29(40)34(30(41)24(31)14-20-10-12-22(36)13-11-20)25(15-21(19(4)35)16-26(37)38)44(42,43)23-8-6-5-7-9-23/h5-13,17-18,21,24-25,27,36H,14-16,31-32H2,1-4H3,(H,33,39)(H,37,38)/t18-,21?,24-,25?,27-/m0/s1. The Labute approximate surface area is 256 Å². The largest absolute Gasteiger partial charge is 0.508 e. The molecule has 2 unspecified atom stereocenters. The fraction of sp³-hybridized carbons (Fsp3) is 0.433. The zero-order valence-electron chi connectivity index (χ0n) is 25.0. The second-order valence-corrected chi connectivity index (χ2v) is 13.1. The fourth-order valence-electron chi connectivity index (χ4n) is 4.41. The highest BCUT2D eigenvalue weighted by molar-refractivity contribution is 7.92. The Balaban J connectivity index is 2.71. The van der Waals surface area contributed by atoms with E-state index in [1.54, 1.807) is 19.9 Å². The third-order valence-electron chi connectivity index (χ3n) is 7.13. The first-order chi connectivity index (χ1) is 20.5. The lowest BCUT2D eigenvalue weighted by molar-refractivity contribution is -0.149. The number of aliphatic carboxylic acids is 1. The number of carboxylic acid groups (broad SMARTS) is 1. The van der Waals surface area contributed by atoms with Gasteiger partial charge in [0.2, 0.25) is 11.8 Å². The van der Waals surface area contributed by atoms with Gasteiger partial charge >= 0.3 is 5.97 Å². The van der Waals surface area contributed by atoms with Crippen LogP contribution in [0.4, 0.5) is 0 Å². The van der Waals surface area contributed by atoms with Crippen LogP contribution >= 0.6 is 0 Å². The molecule has 14 heteroatoms. The van der Waals surface area contributed by atoms with Crippen LogP contribution in [0.1, 0.15) is 46.1 Å². The molecule has 13 nitrogen and oxygen atoms in total. The molecule has 0 saturated carbocycles. The topological polar surface area (TPSA) is 227 Å². The van der Waals surface area contributed by atoms with Crippen LogP contribution in [0.2, 0.25) is 0 Å². The van der Waals surface area contributed by atoms with E-state index in [2.05, 4.69) is 5.32 Å². The Morgan fingerprint density at radius 2 is 1.48 bits per heavy atom. The first-order valence-corrected chi connectivity index (χ1v) is 15.5. The highest BCUT2D eigenvalue weighted by atomic mass is 32.2. The summed E-state index contributed by atoms with van der Waals surface area (Å²) in [5.74, 6) is -6.83. The van der Waals surface area contributed by atoms with Gasteiger partial charge in [0.05, 0.1) is 23.4 Å². The normalized spacial score (nSPS) is 15.0. The number of Topliss-reactive ketones (excluding diaryl/α,β-unsaturated/α-hetero) is 1. The molecule has 44 heavy (non-hydrogen) atoms. The number of phenols is 1. The van der Waals surface area contributed by atoms with Crippen molar-refractivity contribution in [3.8, 4) is 5.75 Å². The molecular formula is C30H40N4O9S. The minimum Gasteiger partial charge on any atom is -0.508 e. The number of aromatic hydroxyl groups is 1. The molecular weight excluding hydrogens is 592 g/mol. The minimum atomic E-state index is -4.65. The fourth-order valence-corrected chi connectivity index (χ4v) is 6.23. The van der Waals surface area contributed by atoms with Gasteiger partial charge in [0.15, 0.2) is 9.84 Å². The number of carboxylic acids is 1. The number of benzene rings is 2. The van der Waals surface area contributed by atoms with Crippen molar-refractivity contribution in [2.24, 2.45) is 23.3 Å². The van der Waals surface area contributed by atoms with Gasteiger partial charge in [-0.2, -0.15) is 0 Å². The van der Waals surface area contributed by atoms with Gasteiger partial charge in [-0.05, 0) is 62.4 Å². The molecule has 240 valence electrons. The molecule has 0 aliphatic heterocycles. The summed E-state index contributed by atoms with van der Waals surface area (Å²) in [4.78, 5) is 64.9. The lowest BCUT2D eigenvalue weighted by Crippen LogP contribution is -2.60. The van der Waals surface area contributed by atoms with Gasteiger partial charge in [0.1, 0.15) is 22.9 Å². The second-order valence-electron chi connectivity index (χ2n) is 11.0. The van der Waals surface area contributed by atoms with Crippen LogP contribution in [0.15, 0.2) is 59.5 Å². The van der Waals surface area contributed by atoms with Crippen molar-refractivity contribution >= 4 is 39.3 Å². The zero-order chi connectivity index (χ0) is 33.4. The number of rotatable bonds is 15. The molecule has 0 heterocycles. The second kappa shape index (κ2) is 15.5. The molecule has 0 bridgehead atoms. The Morgan fingerprint density at radius 3 is 1.98 bits per heavy atom. The molecule has 2 aromatic rings. The number of amides is 3. The molecule has 0 fully saturated rings. The zero-order valence-corrected chi connectivity index (χ0v) is 25.9. The van der Waals surface area contributed by atoms with Crippen LogP contribution in [0.5, 0.6) is 5.75 Å². The van der Waals surface area contributed by atoms with Crippen LogP contribution in [-0.4, -0.2) is 76.5 Å². The van der Waals surface area contributed by atoms with E-state index in [-0.39, 0.29) is 23.0 Å². The average molecular weight is 633 g/mol. The maximum atomic E-state index is 14.1. The quantitative estimate of drug-likeness (QED) is 0.186. The molecule has 5 atom stereocenters. The molecule has 0 spiro atoms. The first kappa shape index (κ1) is 36.1. The van der Waals surface area contributed by atoms with Crippen molar-refractivity contribution in [2.75, 3.05) is 0 Å². The van der Waals surface area contributed by atoms with Gasteiger partial charge in [0.25, 0.3) is 5.91 Å². The Kier molecular flexibility index (Phi) is 12.7. The molecule has 7 N–H and O–H groups in total. The van der Waals surface area contributed by atoms with Crippen LogP contribution < -0.4 is 16.8 Å². The van der Waals surface area contributed by atoms with Crippen LogP contribution in [0.25, 0.3) is 0 Å². The Morgan fingerprint density at radius 1 is 0.909 bits per heavy atom. The van der Waals surface area contributed by atoms with E-state index in [9.17, 15) is 42.6 Å². The number of nitrogens with one attached hydrogen (secondary N) is 1.